The zero-order valence-electron chi connectivity index (χ0n) is 16.3. The lowest BCUT2D eigenvalue weighted by molar-refractivity contribution is -0.145. The number of imide groups is 1. The van der Waals surface area contributed by atoms with Gasteiger partial charge in [-0.3, -0.25) is 19.3 Å². The Balaban J connectivity index is 1.41. The van der Waals surface area contributed by atoms with E-state index in [0.29, 0.717) is 27.7 Å². The number of rotatable bonds is 6. The van der Waals surface area contributed by atoms with Gasteiger partial charge in [0.1, 0.15) is 12.2 Å². The van der Waals surface area contributed by atoms with Crippen molar-refractivity contribution in [2.24, 2.45) is 0 Å². The lowest BCUT2D eigenvalue weighted by Gasteiger charge is -2.13. The van der Waals surface area contributed by atoms with Gasteiger partial charge in [0.2, 0.25) is 0 Å². The van der Waals surface area contributed by atoms with Gasteiger partial charge >= 0.3 is 11.6 Å². The maximum Gasteiger partial charge on any atom is 0.336 e. The second-order valence-electron chi connectivity index (χ2n) is 6.99. The zero-order chi connectivity index (χ0) is 21.3. The van der Waals surface area contributed by atoms with Crippen molar-refractivity contribution in [3.63, 3.8) is 0 Å². The maximum atomic E-state index is 12.3. The molecule has 0 N–H and O–H groups in total. The fraction of sp³-hybridized carbons (Fsp3) is 0.217. The van der Waals surface area contributed by atoms with Crippen molar-refractivity contribution in [2.75, 3.05) is 6.54 Å². The third-order valence-corrected chi connectivity index (χ3v) is 5.11. The third-order valence-electron chi connectivity index (χ3n) is 5.11. The van der Waals surface area contributed by atoms with Crippen LogP contribution in [-0.4, -0.2) is 29.2 Å². The van der Waals surface area contributed by atoms with E-state index in [1.54, 1.807) is 30.3 Å². The average Bonchev–Trinajstić information content (AvgIpc) is 3.00. The highest BCUT2D eigenvalue weighted by atomic mass is 16.5. The molecule has 0 atom stereocenters. The number of esters is 1. The molecule has 7 nitrogen and oxygen atoms in total. The first-order valence-corrected chi connectivity index (χ1v) is 9.64. The molecule has 2 amide bonds. The second kappa shape index (κ2) is 7.94. The highest BCUT2D eigenvalue weighted by molar-refractivity contribution is 6.21. The van der Waals surface area contributed by atoms with Crippen molar-refractivity contribution in [1.82, 2.24) is 4.90 Å². The number of carbonyl (C=O) groups excluding carboxylic acids is 3. The van der Waals surface area contributed by atoms with Crippen LogP contribution in [0.3, 0.4) is 0 Å². The van der Waals surface area contributed by atoms with Crippen LogP contribution in [0.15, 0.2) is 57.7 Å². The Kier molecular flexibility index (Phi) is 5.18. The minimum absolute atomic E-state index is 0.0667. The van der Waals surface area contributed by atoms with E-state index in [4.69, 9.17) is 9.15 Å². The number of aryl methyl sites for hydroxylation is 1. The van der Waals surface area contributed by atoms with Gasteiger partial charge < -0.3 is 9.15 Å². The van der Waals surface area contributed by atoms with Crippen LogP contribution in [0.25, 0.3) is 11.0 Å². The number of nitrogens with zero attached hydrogens (tertiary/aromatic N) is 1. The van der Waals surface area contributed by atoms with Gasteiger partial charge in [0.25, 0.3) is 11.8 Å². The highest BCUT2D eigenvalue weighted by Gasteiger charge is 2.35. The summed E-state index contributed by atoms with van der Waals surface area (Å²) in [7, 11) is 0. The summed E-state index contributed by atoms with van der Waals surface area (Å²) in [5, 5.41) is 0.694. The predicted octanol–water partition coefficient (Wildman–Crippen LogP) is 3.08. The number of ether oxygens (including phenoxy) is 1. The molecular weight excluding hydrogens is 386 g/mol. The van der Waals surface area contributed by atoms with Crippen molar-refractivity contribution in [3.05, 3.63) is 81.2 Å². The van der Waals surface area contributed by atoms with Crippen LogP contribution in [0.5, 0.6) is 0 Å². The summed E-state index contributed by atoms with van der Waals surface area (Å²) in [4.78, 5) is 49.8. The van der Waals surface area contributed by atoms with E-state index in [-0.39, 0.29) is 19.6 Å². The molecular formula is C23H19NO6. The molecule has 7 heteroatoms. The summed E-state index contributed by atoms with van der Waals surface area (Å²) in [5.41, 5.74) is 2.17. The van der Waals surface area contributed by atoms with Crippen LogP contribution in [0.4, 0.5) is 0 Å². The van der Waals surface area contributed by atoms with Gasteiger partial charge in [-0.05, 0) is 30.2 Å². The first kappa shape index (κ1) is 19.6. The van der Waals surface area contributed by atoms with Crippen molar-refractivity contribution in [1.29, 1.82) is 0 Å². The van der Waals surface area contributed by atoms with Crippen LogP contribution >= 0.6 is 0 Å². The smallest absolute Gasteiger partial charge is 0.336 e. The van der Waals surface area contributed by atoms with Crippen molar-refractivity contribution < 1.29 is 23.5 Å². The Bertz CT molecular complexity index is 1190. The van der Waals surface area contributed by atoms with Gasteiger partial charge in [0, 0.05) is 23.6 Å². The number of carbonyl (C=O) groups is 3. The van der Waals surface area contributed by atoms with Gasteiger partial charge in [0.15, 0.2) is 0 Å². The molecule has 0 bridgehead atoms. The van der Waals surface area contributed by atoms with Gasteiger partial charge in [-0.1, -0.05) is 31.2 Å². The monoisotopic (exact) mass is 405 g/mol. The summed E-state index contributed by atoms with van der Waals surface area (Å²) in [6, 6.07) is 13.4. The Hall–Kier alpha value is -3.74. The number of benzene rings is 2. The summed E-state index contributed by atoms with van der Waals surface area (Å²) in [6.07, 6.45) is 0.668. The Morgan fingerprint density at radius 1 is 1.00 bits per heavy atom. The Morgan fingerprint density at radius 2 is 1.70 bits per heavy atom. The Morgan fingerprint density at radius 3 is 2.37 bits per heavy atom. The molecule has 2 heterocycles. The standard InChI is InChI=1S/C23H19NO6/c1-2-14-7-8-16-15(12-21(26)30-19(16)11-14)13-29-20(25)9-10-24-22(27)17-5-3-4-6-18(17)23(24)28/h3-8,11-12H,2,9-10,13H2,1H3. The molecule has 30 heavy (non-hydrogen) atoms. The number of hydrogen-bond acceptors (Lipinski definition) is 6. The summed E-state index contributed by atoms with van der Waals surface area (Å²) in [5.74, 6) is -1.40. The fourth-order valence-electron chi connectivity index (χ4n) is 3.49. The first-order chi connectivity index (χ1) is 14.5. The third kappa shape index (κ3) is 3.61. The van der Waals surface area contributed by atoms with Crippen molar-refractivity contribution >= 4 is 28.8 Å². The van der Waals surface area contributed by atoms with Crippen LogP contribution in [0.1, 0.15) is 45.2 Å². The molecule has 0 unspecified atom stereocenters. The van der Waals surface area contributed by atoms with E-state index in [1.165, 1.54) is 6.07 Å². The molecule has 0 spiro atoms. The first-order valence-electron chi connectivity index (χ1n) is 9.64. The molecule has 152 valence electrons. The lowest BCUT2D eigenvalue weighted by Crippen LogP contribution is -2.32. The number of fused-ring (bicyclic) bond motifs is 2. The predicted molar refractivity (Wildman–Crippen MR) is 108 cm³/mol. The molecule has 1 aliphatic heterocycles. The molecule has 0 saturated heterocycles. The normalized spacial score (nSPS) is 13.0. The van der Waals surface area contributed by atoms with Gasteiger partial charge in [-0.2, -0.15) is 0 Å². The molecule has 0 aliphatic carbocycles. The zero-order valence-corrected chi connectivity index (χ0v) is 16.3. The molecule has 0 radical (unpaired) electrons. The molecule has 1 aliphatic rings. The fourth-order valence-corrected chi connectivity index (χ4v) is 3.49. The molecule has 0 saturated carbocycles. The van der Waals surface area contributed by atoms with E-state index >= 15 is 0 Å². The second-order valence-corrected chi connectivity index (χ2v) is 6.99. The summed E-state index contributed by atoms with van der Waals surface area (Å²) >= 11 is 0. The van der Waals surface area contributed by atoms with Crippen LogP contribution in [0, 0.1) is 0 Å². The topological polar surface area (TPSA) is 93.9 Å². The van der Waals surface area contributed by atoms with Crippen LogP contribution in [-0.2, 0) is 22.6 Å². The van der Waals surface area contributed by atoms with Gasteiger partial charge in [-0.15, -0.1) is 0 Å². The van der Waals surface area contributed by atoms with Crippen molar-refractivity contribution in [2.45, 2.75) is 26.4 Å². The van der Waals surface area contributed by atoms with E-state index < -0.39 is 23.4 Å². The van der Waals surface area contributed by atoms with Crippen LogP contribution in [0.2, 0.25) is 0 Å². The quantitative estimate of drug-likeness (QED) is 0.355. The summed E-state index contributed by atoms with van der Waals surface area (Å²) in [6.45, 7) is 1.83. The Labute approximate surface area is 171 Å². The average molecular weight is 405 g/mol. The number of amides is 2. The molecule has 1 aromatic heterocycles. The maximum absolute atomic E-state index is 12.3. The van der Waals surface area contributed by atoms with E-state index in [2.05, 4.69) is 0 Å². The van der Waals surface area contributed by atoms with E-state index in [1.807, 2.05) is 19.1 Å². The van der Waals surface area contributed by atoms with Crippen LogP contribution < -0.4 is 5.63 Å². The number of hydrogen-bond donors (Lipinski definition) is 0. The SMILES string of the molecule is CCc1ccc2c(COC(=O)CCN3C(=O)c4ccccc4C3=O)cc(=O)oc2c1. The molecule has 3 aromatic rings. The molecule has 4 rings (SSSR count). The van der Waals surface area contributed by atoms with Crippen molar-refractivity contribution in [3.8, 4) is 0 Å². The van der Waals surface area contributed by atoms with Gasteiger partial charge in [0.05, 0.1) is 17.5 Å². The molecule has 0 fully saturated rings. The minimum Gasteiger partial charge on any atom is -0.461 e. The van der Waals surface area contributed by atoms with E-state index in [9.17, 15) is 19.2 Å². The summed E-state index contributed by atoms with van der Waals surface area (Å²) < 4.78 is 10.5. The lowest BCUT2D eigenvalue weighted by atomic mass is 10.1. The van der Waals surface area contributed by atoms with E-state index in [0.717, 1.165) is 16.9 Å². The molecule has 2 aromatic carbocycles. The minimum atomic E-state index is -0.571. The highest BCUT2D eigenvalue weighted by Crippen LogP contribution is 2.23. The largest absolute Gasteiger partial charge is 0.461 e. The van der Waals surface area contributed by atoms with Gasteiger partial charge in [-0.25, -0.2) is 4.79 Å².